The summed E-state index contributed by atoms with van der Waals surface area (Å²) < 4.78 is 27.7. The number of primary amides is 1. The van der Waals surface area contributed by atoms with Crippen molar-refractivity contribution in [2.24, 2.45) is 17.6 Å². The Hall–Kier alpha value is -2.76. The van der Waals surface area contributed by atoms with E-state index in [2.05, 4.69) is 5.32 Å². The smallest absolute Gasteiger partial charge is 0.256 e. The van der Waals surface area contributed by atoms with Crippen molar-refractivity contribution in [3.63, 3.8) is 0 Å². The predicted octanol–water partition coefficient (Wildman–Crippen LogP) is 2.67. The normalized spacial score (nSPS) is 20.8. The largest absolute Gasteiger partial charge is 0.365 e. The monoisotopic (exact) mass is 518 g/mol. The number of hydrogen-bond acceptors (Lipinski definition) is 6. The van der Waals surface area contributed by atoms with Crippen LogP contribution in [-0.4, -0.2) is 55.0 Å². The molecule has 0 aliphatic carbocycles. The van der Waals surface area contributed by atoms with Crippen molar-refractivity contribution in [1.82, 2.24) is 9.21 Å². The number of carbonyl (C=O) groups excluding carboxylic acids is 3. The number of rotatable bonds is 5. The molecule has 0 unspecified atom stereocenters. The number of nitrogens with zero attached hydrogens (tertiary/aromatic N) is 2. The van der Waals surface area contributed by atoms with Gasteiger partial charge in [-0.15, -0.1) is 11.3 Å². The first kappa shape index (κ1) is 25.3. The summed E-state index contributed by atoms with van der Waals surface area (Å²) in [5.41, 5.74) is 6.91. The van der Waals surface area contributed by atoms with Gasteiger partial charge in [0.25, 0.3) is 11.8 Å². The quantitative estimate of drug-likeness (QED) is 0.629. The summed E-state index contributed by atoms with van der Waals surface area (Å²) in [6.07, 6.45) is 1.48. The van der Waals surface area contributed by atoms with Crippen molar-refractivity contribution in [2.45, 2.75) is 45.1 Å². The number of nitrogens with two attached hydrogens (primary N) is 1. The molecule has 4 rings (SSSR count). The Morgan fingerprint density at radius 2 is 1.71 bits per heavy atom. The molecule has 11 heteroatoms. The first-order valence-corrected chi connectivity index (χ1v) is 13.8. The van der Waals surface area contributed by atoms with E-state index in [1.54, 1.807) is 4.90 Å². The van der Waals surface area contributed by atoms with E-state index in [0.717, 1.165) is 16.9 Å². The molecular weight excluding hydrogens is 488 g/mol. The average molecular weight is 519 g/mol. The van der Waals surface area contributed by atoms with Crippen molar-refractivity contribution in [3.8, 4) is 0 Å². The molecule has 3 N–H and O–H groups in total. The van der Waals surface area contributed by atoms with E-state index in [0.29, 0.717) is 37.6 Å². The van der Waals surface area contributed by atoms with Gasteiger partial charge in [-0.2, -0.15) is 4.31 Å². The maximum absolute atomic E-state index is 13.1. The summed E-state index contributed by atoms with van der Waals surface area (Å²) in [6, 6.07) is 5.81. The Morgan fingerprint density at radius 3 is 2.29 bits per heavy atom. The molecule has 1 aromatic heterocycles. The minimum Gasteiger partial charge on any atom is -0.365 e. The number of fused-ring (bicyclic) bond motifs is 1. The Balaban J connectivity index is 1.53. The fourth-order valence-electron chi connectivity index (χ4n) is 4.93. The molecular formula is C24H30N4O5S2. The van der Waals surface area contributed by atoms with Gasteiger partial charge in [-0.3, -0.25) is 14.4 Å². The highest BCUT2D eigenvalue weighted by Gasteiger charge is 2.32. The molecule has 1 saturated heterocycles. The number of nitrogens with one attached hydrogen (secondary N) is 1. The lowest BCUT2D eigenvalue weighted by Crippen LogP contribution is -2.42. The Morgan fingerprint density at radius 1 is 1.09 bits per heavy atom. The van der Waals surface area contributed by atoms with Gasteiger partial charge in [0.1, 0.15) is 5.00 Å². The van der Waals surface area contributed by atoms with Crippen LogP contribution in [-0.2, 0) is 27.8 Å². The molecule has 3 heterocycles. The Labute approximate surface area is 209 Å². The third-order valence-corrected chi connectivity index (χ3v) is 9.54. The molecule has 35 heavy (non-hydrogen) atoms. The lowest BCUT2D eigenvalue weighted by Gasteiger charge is -2.34. The molecule has 1 fully saturated rings. The van der Waals surface area contributed by atoms with Gasteiger partial charge in [0, 0.05) is 37.0 Å². The Kier molecular flexibility index (Phi) is 7.03. The van der Waals surface area contributed by atoms with Crippen LogP contribution in [0, 0.1) is 11.8 Å². The fraction of sp³-hybridized carbons (Fsp3) is 0.458. The summed E-state index contributed by atoms with van der Waals surface area (Å²) in [6.45, 7) is 7.40. The summed E-state index contributed by atoms with van der Waals surface area (Å²) in [5.74, 6) is -0.590. The molecule has 0 spiro atoms. The third kappa shape index (κ3) is 5.12. The van der Waals surface area contributed by atoms with Crippen LogP contribution in [0.25, 0.3) is 0 Å². The number of anilines is 1. The maximum atomic E-state index is 13.1. The van der Waals surface area contributed by atoms with Gasteiger partial charge < -0.3 is 16.0 Å². The molecule has 2 atom stereocenters. The zero-order chi connectivity index (χ0) is 25.5. The van der Waals surface area contributed by atoms with Crippen molar-refractivity contribution in [1.29, 1.82) is 0 Å². The van der Waals surface area contributed by atoms with E-state index in [1.165, 1.54) is 46.8 Å². The van der Waals surface area contributed by atoms with Gasteiger partial charge in [0.05, 0.1) is 17.0 Å². The number of amides is 3. The first-order valence-electron chi connectivity index (χ1n) is 11.6. The Bertz CT molecular complexity index is 1260. The third-order valence-electron chi connectivity index (χ3n) is 6.57. The van der Waals surface area contributed by atoms with Gasteiger partial charge in [-0.05, 0) is 54.5 Å². The van der Waals surface area contributed by atoms with Crippen molar-refractivity contribution >= 4 is 44.1 Å². The molecule has 0 bridgehead atoms. The zero-order valence-electron chi connectivity index (χ0n) is 20.0. The number of piperidine rings is 1. The highest BCUT2D eigenvalue weighted by molar-refractivity contribution is 7.89. The van der Waals surface area contributed by atoms with Crippen molar-refractivity contribution in [3.05, 3.63) is 45.8 Å². The standard InChI is InChI=1S/C24H30N4O5S2/c1-14-10-15(2)12-28(11-14)35(32,33)18-6-4-17(5-7-18)23(31)26-24-21(22(25)30)19-8-9-27(16(3)29)13-20(19)34-24/h4-7,14-15H,8-13H2,1-3H3,(H2,25,30)(H,26,31)/t14-,15+. The lowest BCUT2D eigenvalue weighted by molar-refractivity contribution is -0.129. The van der Waals surface area contributed by atoms with Crippen LogP contribution >= 0.6 is 11.3 Å². The SMILES string of the molecule is CC(=O)N1CCc2c(sc(NC(=O)c3ccc(S(=O)(=O)N4C[C@H](C)C[C@H](C)C4)cc3)c2C(N)=O)C1. The van der Waals surface area contributed by atoms with E-state index in [4.69, 9.17) is 5.73 Å². The van der Waals surface area contributed by atoms with E-state index in [9.17, 15) is 22.8 Å². The average Bonchev–Trinajstić information content (AvgIpc) is 3.15. The van der Waals surface area contributed by atoms with Crippen molar-refractivity contribution < 1.29 is 22.8 Å². The first-order chi connectivity index (χ1) is 16.5. The minimum atomic E-state index is -3.65. The van der Waals surface area contributed by atoms with Gasteiger partial charge in [-0.25, -0.2) is 8.42 Å². The predicted molar refractivity (Wildman–Crippen MR) is 134 cm³/mol. The van der Waals surface area contributed by atoms with Gasteiger partial charge in [0.15, 0.2) is 0 Å². The van der Waals surface area contributed by atoms with Crippen LogP contribution in [0.5, 0.6) is 0 Å². The number of benzene rings is 1. The zero-order valence-corrected chi connectivity index (χ0v) is 21.7. The molecule has 0 radical (unpaired) electrons. The molecule has 2 aliphatic heterocycles. The van der Waals surface area contributed by atoms with Crippen LogP contribution in [0.1, 0.15) is 58.3 Å². The lowest BCUT2D eigenvalue weighted by atomic mass is 9.94. The topological polar surface area (TPSA) is 130 Å². The summed E-state index contributed by atoms with van der Waals surface area (Å²) in [5, 5.41) is 3.10. The van der Waals surface area contributed by atoms with Crippen LogP contribution in [0.15, 0.2) is 29.2 Å². The van der Waals surface area contributed by atoms with E-state index in [1.807, 2.05) is 13.8 Å². The van der Waals surface area contributed by atoms with Crippen LogP contribution in [0.4, 0.5) is 5.00 Å². The molecule has 0 saturated carbocycles. The molecule has 3 amide bonds. The summed E-state index contributed by atoms with van der Waals surface area (Å²) in [4.78, 5) is 39.5. The summed E-state index contributed by atoms with van der Waals surface area (Å²) >= 11 is 1.23. The van der Waals surface area contributed by atoms with Crippen LogP contribution < -0.4 is 11.1 Å². The molecule has 2 aromatic rings. The number of carbonyl (C=O) groups is 3. The minimum absolute atomic E-state index is 0.0567. The highest BCUT2D eigenvalue weighted by Crippen LogP contribution is 2.37. The number of hydrogen-bond donors (Lipinski definition) is 2. The van der Waals surface area contributed by atoms with Gasteiger partial charge >= 0.3 is 0 Å². The second kappa shape index (κ2) is 9.71. The maximum Gasteiger partial charge on any atom is 0.256 e. The molecule has 1 aromatic carbocycles. The molecule has 9 nitrogen and oxygen atoms in total. The second-order valence-electron chi connectivity index (χ2n) is 9.51. The molecule has 2 aliphatic rings. The van der Waals surface area contributed by atoms with Crippen molar-refractivity contribution in [2.75, 3.05) is 25.0 Å². The van der Waals surface area contributed by atoms with E-state index in [-0.39, 0.29) is 33.8 Å². The van der Waals surface area contributed by atoms with E-state index < -0.39 is 21.8 Å². The molecule has 188 valence electrons. The van der Waals surface area contributed by atoms with E-state index >= 15 is 0 Å². The highest BCUT2D eigenvalue weighted by atomic mass is 32.2. The van der Waals surface area contributed by atoms with Gasteiger partial charge in [0.2, 0.25) is 15.9 Å². The fourth-order valence-corrected chi connectivity index (χ4v) is 7.87. The second-order valence-corrected chi connectivity index (χ2v) is 12.6. The summed E-state index contributed by atoms with van der Waals surface area (Å²) in [7, 11) is -3.65. The number of sulfonamides is 1. The van der Waals surface area contributed by atoms with Crippen LogP contribution in [0.3, 0.4) is 0 Å². The number of thiophene rings is 1. The van der Waals surface area contributed by atoms with Crippen LogP contribution in [0.2, 0.25) is 0 Å². The van der Waals surface area contributed by atoms with Gasteiger partial charge in [-0.1, -0.05) is 13.8 Å².